The number of fused-ring (bicyclic) bond motifs is 2. The largest absolute Gasteiger partial charge is 0.359 e. The normalized spacial score (nSPS) is 17.8. The van der Waals surface area contributed by atoms with E-state index in [1.807, 2.05) is 25.3 Å². The van der Waals surface area contributed by atoms with Crippen LogP contribution in [0.5, 0.6) is 0 Å². The Bertz CT molecular complexity index is 1730. The van der Waals surface area contributed by atoms with Crippen LogP contribution in [0, 0.1) is 5.92 Å². The molecule has 0 radical (unpaired) electrons. The molecule has 3 N–H and O–H groups in total. The maximum absolute atomic E-state index is 4.95. The fourth-order valence-corrected chi connectivity index (χ4v) is 5.51. The predicted octanol–water partition coefficient (Wildman–Crippen LogP) is 5.02. The third-order valence-corrected chi connectivity index (χ3v) is 7.63. The second-order valence-electron chi connectivity index (χ2n) is 10.1. The van der Waals surface area contributed by atoms with Crippen molar-refractivity contribution in [2.24, 2.45) is 10.9 Å². The molecule has 0 unspecified atom stereocenters. The molecule has 7 heteroatoms. The van der Waals surface area contributed by atoms with E-state index in [0.29, 0.717) is 18.3 Å². The average Bonchev–Trinajstić information content (AvgIpc) is 3.76. The minimum Gasteiger partial charge on any atom is -0.359 e. The molecule has 3 aromatic heterocycles. The molecule has 0 aromatic carbocycles. The molecule has 0 amide bonds. The van der Waals surface area contributed by atoms with Gasteiger partial charge >= 0.3 is 0 Å². The van der Waals surface area contributed by atoms with Crippen molar-refractivity contribution in [3.05, 3.63) is 95.1 Å². The van der Waals surface area contributed by atoms with Gasteiger partial charge in [-0.05, 0) is 73.6 Å². The third kappa shape index (κ3) is 4.88. The maximum atomic E-state index is 4.95. The maximum Gasteiger partial charge on any atom is 0.159 e. The van der Waals surface area contributed by atoms with Gasteiger partial charge in [0, 0.05) is 22.8 Å². The van der Waals surface area contributed by atoms with Crippen LogP contribution in [0.4, 0.5) is 0 Å². The summed E-state index contributed by atoms with van der Waals surface area (Å²) in [6.07, 6.45) is 24.2. The Morgan fingerprint density at radius 2 is 2.05 bits per heavy atom. The Labute approximate surface area is 228 Å². The van der Waals surface area contributed by atoms with Gasteiger partial charge in [0.15, 0.2) is 5.82 Å². The minimum absolute atomic E-state index is 0.523. The van der Waals surface area contributed by atoms with Crippen molar-refractivity contribution in [2.45, 2.75) is 39.0 Å². The van der Waals surface area contributed by atoms with E-state index < -0.39 is 0 Å². The van der Waals surface area contributed by atoms with Crippen LogP contribution in [-0.4, -0.2) is 37.4 Å². The summed E-state index contributed by atoms with van der Waals surface area (Å²) in [6, 6.07) is 1.95. The van der Waals surface area contributed by atoms with Gasteiger partial charge in [-0.25, -0.2) is 4.98 Å². The molecule has 0 bridgehead atoms. The summed E-state index contributed by atoms with van der Waals surface area (Å²) >= 11 is 0. The number of pyridine rings is 1. The van der Waals surface area contributed by atoms with Gasteiger partial charge in [0.1, 0.15) is 11.2 Å². The average molecular weight is 516 g/mol. The molecule has 1 fully saturated rings. The van der Waals surface area contributed by atoms with E-state index >= 15 is 0 Å². The molecule has 6 rings (SSSR count). The highest BCUT2D eigenvalue weighted by molar-refractivity contribution is 6.22. The van der Waals surface area contributed by atoms with Gasteiger partial charge in [-0.2, -0.15) is 5.10 Å². The van der Waals surface area contributed by atoms with E-state index in [0.717, 1.165) is 67.7 Å². The van der Waals surface area contributed by atoms with E-state index in [9.17, 15) is 0 Å². The Hall–Kier alpha value is -4.52. The number of imidazole rings is 1. The summed E-state index contributed by atoms with van der Waals surface area (Å²) < 4.78 is 0. The molecule has 2 aliphatic carbocycles. The molecular weight excluding hydrogens is 482 g/mol. The predicted molar refractivity (Wildman–Crippen MR) is 160 cm³/mol. The fourth-order valence-electron chi connectivity index (χ4n) is 5.51. The first-order chi connectivity index (χ1) is 19.1. The second-order valence-corrected chi connectivity index (χ2v) is 10.1. The molecule has 7 nitrogen and oxygen atoms in total. The van der Waals surface area contributed by atoms with Crippen LogP contribution in [0.25, 0.3) is 40.3 Å². The highest BCUT2D eigenvalue weighted by Crippen LogP contribution is 2.30. The summed E-state index contributed by atoms with van der Waals surface area (Å²) in [6.45, 7) is 10.9. The minimum atomic E-state index is 0.523. The van der Waals surface area contributed by atoms with Crippen molar-refractivity contribution in [3.63, 3.8) is 0 Å². The van der Waals surface area contributed by atoms with Gasteiger partial charge in [-0.15, -0.1) is 0 Å². The fraction of sp³-hybridized carbons (Fsp3) is 0.250. The highest BCUT2D eigenvalue weighted by atomic mass is 15.1. The van der Waals surface area contributed by atoms with Crippen LogP contribution < -0.4 is 15.9 Å². The zero-order valence-electron chi connectivity index (χ0n) is 22.3. The van der Waals surface area contributed by atoms with Crippen LogP contribution >= 0.6 is 0 Å². The standard InChI is InChI=1S/C32H33N7/c1-4-21(18-24(5-2)35-20(3)22-10-6-7-11-22)28-19-25-26(14-16-33-28)38-39-30(25)32-36-27-15-17-34-29(31(27)37-32)23-12-8-9-13-23/h4-5,8,12-15,17-19,22,35,38H,2-3,6-7,9-11,16H2,1H3,(H,36,37)/b21-4+,24-18+. The van der Waals surface area contributed by atoms with Gasteiger partial charge < -0.3 is 10.3 Å². The lowest BCUT2D eigenvalue weighted by Gasteiger charge is -2.16. The van der Waals surface area contributed by atoms with Crippen molar-refractivity contribution < 1.29 is 0 Å². The number of aliphatic imine (C=N–C) groups is 1. The topological polar surface area (TPSA) is 94.6 Å². The molecule has 4 heterocycles. The van der Waals surface area contributed by atoms with Crippen LogP contribution in [0.15, 0.2) is 83.8 Å². The van der Waals surface area contributed by atoms with E-state index in [4.69, 9.17) is 9.98 Å². The summed E-state index contributed by atoms with van der Waals surface area (Å²) in [7, 11) is 0. The van der Waals surface area contributed by atoms with Crippen LogP contribution in [0.3, 0.4) is 0 Å². The summed E-state index contributed by atoms with van der Waals surface area (Å²) in [4.78, 5) is 17.9. The molecule has 0 spiro atoms. The molecule has 0 saturated heterocycles. The third-order valence-electron chi connectivity index (χ3n) is 7.63. The number of hydrogen-bond acceptors (Lipinski definition) is 5. The zero-order chi connectivity index (χ0) is 26.8. The first-order valence-corrected chi connectivity index (χ1v) is 13.6. The Balaban J connectivity index is 1.36. The quantitative estimate of drug-likeness (QED) is 0.367. The van der Waals surface area contributed by atoms with E-state index in [1.165, 1.54) is 25.7 Å². The van der Waals surface area contributed by atoms with Crippen molar-refractivity contribution in [3.8, 4) is 11.5 Å². The van der Waals surface area contributed by atoms with E-state index in [-0.39, 0.29) is 0 Å². The first kappa shape index (κ1) is 24.8. The number of H-pyrrole nitrogens is 2. The Morgan fingerprint density at radius 3 is 2.82 bits per heavy atom. The first-order valence-electron chi connectivity index (χ1n) is 13.6. The lowest BCUT2D eigenvalue weighted by atomic mass is 10.0. The van der Waals surface area contributed by atoms with Crippen LogP contribution in [0.1, 0.15) is 44.7 Å². The number of aromatic amines is 2. The van der Waals surface area contributed by atoms with E-state index in [1.54, 1.807) is 0 Å². The molecule has 1 aliphatic heterocycles. The monoisotopic (exact) mass is 515 g/mol. The molecule has 1 saturated carbocycles. The van der Waals surface area contributed by atoms with E-state index in [2.05, 4.69) is 81.2 Å². The Morgan fingerprint density at radius 1 is 1.18 bits per heavy atom. The van der Waals surface area contributed by atoms with Crippen molar-refractivity contribution in [1.29, 1.82) is 0 Å². The van der Waals surface area contributed by atoms with Gasteiger partial charge in [-0.1, -0.05) is 50.3 Å². The number of nitrogens with one attached hydrogen (secondary N) is 3. The van der Waals surface area contributed by atoms with Gasteiger partial charge in [0.05, 0.1) is 28.8 Å². The molecular formula is C32H33N7. The van der Waals surface area contributed by atoms with Crippen molar-refractivity contribution in [2.75, 3.05) is 6.54 Å². The van der Waals surface area contributed by atoms with Crippen LogP contribution in [-0.2, 0) is 0 Å². The van der Waals surface area contributed by atoms with Crippen LogP contribution in [0.2, 0.25) is 0 Å². The molecule has 0 atom stereocenters. The molecule has 196 valence electrons. The number of rotatable bonds is 8. The van der Waals surface area contributed by atoms with Gasteiger partial charge in [0.2, 0.25) is 0 Å². The summed E-state index contributed by atoms with van der Waals surface area (Å²) in [5.41, 5.74) is 8.37. The lowest BCUT2D eigenvalue weighted by molar-refractivity contribution is 0.607. The van der Waals surface area contributed by atoms with Gasteiger partial charge in [0.25, 0.3) is 0 Å². The number of allylic oxidation sites excluding steroid dienone is 9. The van der Waals surface area contributed by atoms with Crippen molar-refractivity contribution in [1.82, 2.24) is 30.5 Å². The number of nitrogens with zero attached hydrogens (tertiary/aromatic N) is 4. The van der Waals surface area contributed by atoms with Crippen molar-refractivity contribution >= 4 is 34.5 Å². The molecule has 39 heavy (non-hydrogen) atoms. The highest BCUT2D eigenvalue weighted by Gasteiger charge is 2.19. The number of aromatic nitrogens is 5. The Kier molecular flexibility index (Phi) is 6.80. The second kappa shape index (κ2) is 10.7. The molecule has 3 aliphatic rings. The summed E-state index contributed by atoms with van der Waals surface area (Å²) in [5.74, 6) is 1.22. The number of hydrogen-bond donors (Lipinski definition) is 3. The SMILES string of the molecule is C=C/C(=C\C(=C/C)C1=NCC=c2[nH]nc(-c3nc4c(C5=CCC=C5)nccc4[nH]3)c2=C1)NC(=C)C1CCCC1. The molecule has 3 aromatic rings. The zero-order valence-corrected chi connectivity index (χ0v) is 22.3. The lowest BCUT2D eigenvalue weighted by Crippen LogP contribution is -2.25. The smallest absolute Gasteiger partial charge is 0.159 e. The van der Waals surface area contributed by atoms with Gasteiger partial charge in [-0.3, -0.25) is 15.1 Å². The summed E-state index contributed by atoms with van der Waals surface area (Å²) in [5, 5.41) is 13.2.